The molecule has 1 aromatic heterocycles. The van der Waals surface area contributed by atoms with E-state index < -0.39 is 0 Å². The topological polar surface area (TPSA) is 50.2 Å². The fourth-order valence-electron chi connectivity index (χ4n) is 4.89. The van der Waals surface area contributed by atoms with E-state index in [1.165, 1.54) is 16.7 Å². The maximum absolute atomic E-state index is 6.31. The molecule has 0 amide bonds. The number of nitrogens with one attached hydrogen (secondary N) is 1. The Morgan fingerprint density at radius 3 is 2.14 bits per heavy atom. The molecule has 6 rings (SSSR count). The number of allylic oxidation sites excluding steroid dienone is 2. The number of rotatable bonds is 5. The molecule has 4 aromatic carbocycles. The molecule has 0 bridgehead atoms. The van der Waals surface area contributed by atoms with Gasteiger partial charge in [-0.25, -0.2) is 15.4 Å². The lowest BCUT2D eigenvalue weighted by molar-refractivity contribution is 0.731. The number of hydrogen-bond acceptors (Lipinski definition) is 4. The van der Waals surface area contributed by atoms with Crippen LogP contribution in [0.3, 0.4) is 0 Å². The Labute approximate surface area is 221 Å². The number of nitrogens with zero attached hydrogens (tertiary/aromatic N) is 3. The first kappa shape index (κ1) is 23.1. The number of fused-ring (bicyclic) bond motifs is 1. The maximum Gasteiger partial charge on any atom is 0.244 e. The SMILES string of the molecule is Clc1ccc2nc(N/N=C3/C=C(c4ccccc4)C[C@@H](c4ccccc4)C3)nc(-c3ccccc3)c2c1. The van der Waals surface area contributed by atoms with Crippen molar-refractivity contribution in [2.75, 3.05) is 5.43 Å². The molecular formula is C32H25ClN4. The first-order valence-corrected chi connectivity index (χ1v) is 12.8. The van der Waals surface area contributed by atoms with Crippen LogP contribution in [-0.4, -0.2) is 15.7 Å². The van der Waals surface area contributed by atoms with E-state index in [4.69, 9.17) is 26.7 Å². The standard InChI is InChI=1S/C32H25ClN4/c33-27-16-17-30-29(21-27)31(24-14-8-3-9-15-24)35-32(34-30)37-36-28-19-25(22-10-4-1-5-11-22)18-26(20-28)23-12-6-2-7-13-23/h1-17,19,21,26H,18,20H2,(H,34,35,37)/b36-28-/t26-/m1/s1. The number of anilines is 1. The van der Waals surface area contributed by atoms with Crippen molar-refractivity contribution in [1.82, 2.24) is 9.97 Å². The van der Waals surface area contributed by atoms with Crippen LogP contribution in [0.1, 0.15) is 29.9 Å². The van der Waals surface area contributed by atoms with E-state index in [-0.39, 0.29) is 0 Å². The molecule has 1 aliphatic carbocycles. The molecule has 180 valence electrons. The van der Waals surface area contributed by atoms with Crippen LogP contribution in [0.4, 0.5) is 5.95 Å². The van der Waals surface area contributed by atoms with E-state index >= 15 is 0 Å². The largest absolute Gasteiger partial charge is 0.245 e. The Bertz CT molecular complexity index is 1600. The van der Waals surface area contributed by atoms with Crippen molar-refractivity contribution in [1.29, 1.82) is 0 Å². The summed E-state index contributed by atoms with van der Waals surface area (Å²) in [5.41, 5.74) is 10.6. The molecule has 4 nitrogen and oxygen atoms in total. The number of aromatic nitrogens is 2. The molecule has 0 saturated carbocycles. The number of hydrazone groups is 1. The van der Waals surface area contributed by atoms with Gasteiger partial charge in [0.1, 0.15) is 0 Å². The lowest BCUT2D eigenvalue weighted by Gasteiger charge is -2.24. The summed E-state index contributed by atoms with van der Waals surface area (Å²) in [7, 11) is 0. The van der Waals surface area contributed by atoms with Crippen LogP contribution in [-0.2, 0) is 0 Å². The Morgan fingerprint density at radius 1 is 0.730 bits per heavy atom. The molecule has 0 unspecified atom stereocenters. The van der Waals surface area contributed by atoms with Crippen LogP contribution in [0.25, 0.3) is 27.7 Å². The first-order chi connectivity index (χ1) is 18.2. The summed E-state index contributed by atoms with van der Waals surface area (Å²) in [6, 6.07) is 37.0. The summed E-state index contributed by atoms with van der Waals surface area (Å²) in [4.78, 5) is 9.58. The minimum absolute atomic E-state index is 0.349. The molecule has 1 heterocycles. The van der Waals surface area contributed by atoms with Gasteiger partial charge < -0.3 is 0 Å². The summed E-state index contributed by atoms with van der Waals surface area (Å²) in [6.45, 7) is 0. The summed E-state index contributed by atoms with van der Waals surface area (Å²) in [5.74, 6) is 0.805. The number of benzene rings is 4. The summed E-state index contributed by atoms with van der Waals surface area (Å²) in [6.07, 6.45) is 4.00. The van der Waals surface area contributed by atoms with E-state index in [0.717, 1.165) is 40.7 Å². The second-order valence-electron chi connectivity index (χ2n) is 9.19. The third-order valence-electron chi connectivity index (χ3n) is 6.68. The van der Waals surface area contributed by atoms with Gasteiger partial charge in [0, 0.05) is 16.0 Å². The Balaban J connectivity index is 1.38. The zero-order chi connectivity index (χ0) is 25.0. The van der Waals surface area contributed by atoms with Gasteiger partial charge in [-0.1, -0.05) is 103 Å². The van der Waals surface area contributed by atoms with E-state index in [0.29, 0.717) is 16.9 Å². The van der Waals surface area contributed by atoms with Gasteiger partial charge >= 0.3 is 0 Å². The van der Waals surface area contributed by atoms with Gasteiger partial charge in [-0.15, -0.1) is 0 Å². The smallest absolute Gasteiger partial charge is 0.244 e. The molecule has 0 spiro atoms. The van der Waals surface area contributed by atoms with E-state index in [9.17, 15) is 0 Å². The Kier molecular flexibility index (Phi) is 6.49. The molecule has 0 saturated heterocycles. The maximum atomic E-state index is 6.31. The molecule has 1 aliphatic rings. The van der Waals surface area contributed by atoms with Gasteiger partial charge in [-0.2, -0.15) is 5.10 Å². The number of hydrogen-bond donors (Lipinski definition) is 1. The third-order valence-corrected chi connectivity index (χ3v) is 6.92. The minimum atomic E-state index is 0.349. The molecular weight excluding hydrogens is 476 g/mol. The molecule has 0 radical (unpaired) electrons. The third kappa shape index (κ3) is 5.16. The first-order valence-electron chi connectivity index (χ1n) is 12.4. The number of halogens is 1. The van der Waals surface area contributed by atoms with Crippen LogP contribution in [0.15, 0.2) is 120 Å². The predicted molar refractivity (Wildman–Crippen MR) is 154 cm³/mol. The normalized spacial score (nSPS) is 16.5. The summed E-state index contributed by atoms with van der Waals surface area (Å²) in [5, 5.41) is 6.37. The van der Waals surface area contributed by atoms with Crippen molar-refractivity contribution in [2.45, 2.75) is 18.8 Å². The van der Waals surface area contributed by atoms with Gasteiger partial charge in [0.15, 0.2) is 0 Å². The van der Waals surface area contributed by atoms with Gasteiger partial charge in [-0.05, 0) is 59.7 Å². The predicted octanol–water partition coefficient (Wildman–Crippen LogP) is 8.38. The minimum Gasteiger partial charge on any atom is -0.245 e. The molecule has 5 aromatic rings. The molecule has 0 fully saturated rings. The highest BCUT2D eigenvalue weighted by Gasteiger charge is 2.22. The highest BCUT2D eigenvalue weighted by atomic mass is 35.5. The van der Waals surface area contributed by atoms with Crippen molar-refractivity contribution in [3.05, 3.63) is 131 Å². The van der Waals surface area contributed by atoms with Gasteiger partial charge in [0.2, 0.25) is 5.95 Å². The van der Waals surface area contributed by atoms with Crippen LogP contribution in [0.5, 0.6) is 0 Å². The van der Waals surface area contributed by atoms with Gasteiger partial charge in [-0.3, -0.25) is 0 Å². The van der Waals surface area contributed by atoms with Gasteiger partial charge in [0.05, 0.1) is 16.9 Å². The lowest BCUT2D eigenvalue weighted by atomic mass is 9.81. The summed E-state index contributed by atoms with van der Waals surface area (Å²) < 4.78 is 0. The van der Waals surface area contributed by atoms with Crippen molar-refractivity contribution in [3.63, 3.8) is 0 Å². The summed E-state index contributed by atoms with van der Waals surface area (Å²) >= 11 is 6.31. The molecule has 1 N–H and O–H groups in total. The molecule has 0 aliphatic heterocycles. The van der Waals surface area contributed by atoms with E-state index in [2.05, 4.69) is 66.1 Å². The van der Waals surface area contributed by atoms with Crippen LogP contribution < -0.4 is 5.43 Å². The van der Waals surface area contributed by atoms with Crippen LogP contribution in [0, 0.1) is 0 Å². The average Bonchev–Trinajstić information content (AvgIpc) is 2.97. The second kappa shape index (κ2) is 10.4. The van der Waals surface area contributed by atoms with Crippen molar-refractivity contribution in [3.8, 4) is 11.3 Å². The molecule has 37 heavy (non-hydrogen) atoms. The van der Waals surface area contributed by atoms with Gasteiger partial charge in [0.25, 0.3) is 0 Å². The average molecular weight is 501 g/mol. The van der Waals surface area contributed by atoms with Crippen LogP contribution >= 0.6 is 11.6 Å². The molecule has 1 atom stereocenters. The lowest BCUT2D eigenvalue weighted by Crippen LogP contribution is -2.14. The monoisotopic (exact) mass is 500 g/mol. The zero-order valence-corrected chi connectivity index (χ0v) is 20.9. The fraction of sp³-hybridized carbons (Fsp3) is 0.0938. The van der Waals surface area contributed by atoms with E-state index in [1.807, 2.05) is 54.6 Å². The molecule has 5 heteroatoms. The van der Waals surface area contributed by atoms with Crippen LogP contribution in [0.2, 0.25) is 5.02 Å². The fourth-order valence-corrected chi connectivity index (χ4v) is 5.06. The highest BCUT2D eigenvalue weighted by Crippen LogP contribution is 2.36. The van der Waals surface area contributed by atoms with Crippen molar-refractivity contribution in [2.24, 2.45) is 5.10 Å². The second-order valence-corrected chi connectivity index (χ2v) is 9.63. The van der Waals surface area contributed by atoms with E-state index in [1.54, 1.807) is 0 Å². The van der Waals surface area contributed by atoms with Crippen molar-refractivity contribution < 1.29 is 0 Å². The Morgan fingerprint density at radius 2 is 1.41 bits per heavy atom. The zero-order valence-electron chi connectivity index (χ0n) is 20.2. The quantitative estimate of drug-likeness (QED) is 0.246. The van der Waals surface area contributed by atoms with Crippen molar-refractivity contribution >= 4 is 39.7 Å². The highest BCUT2D eigenvalue weighted by molar-refractivity contribution is 6.31. The Hall–Kier alpha value is -4.28.